The number of hydrogen-bond donors (Lipinski definition) is 1. The molecule has 2 rings (SSSR count). The third kappa shape index (κ3) is 8.85. The van der Waals surface area contributed by atoms with Crippen LogP contribution >= 0.6 is 11.6 Å². The van der Waals surface area contributed by atoms with Gasteiger partial charge in [-0.05, 0) is 49.9 Å². The van der Waals surface area contributed by atoms with E-state index in [0.29, 0.717) is 23.7 Å². The Labute approximate surface area is 214 Å². The van der Waals surface area contributed by atoms with Crippen LogP contribution in [0.5, 0.6) is 0 Å². The smallest absolute Gasteiger partial charge is 0.242 e. The van der Waals surface area contributed by atoms with Gasteiger partial charge in [0.1, 0.15) is 6.04 Å². The molecule has 0 bridgehead atoms. The van der Waals surface area contributed by atoms with Gasteiger partial charge in [-0.1, -0.05) is 61.3 Å². The molecule has 7 nitrogen and oxygen atoms in total. The number of hydrogen-bond acceptors (Lipinski definition) is 4. The number of amides is 2. The number of aryl methyl sites for hydroxylation is 1. The van der Waals surface area contributed by atoms with E-state index in [1.165, 1.54) is 9.21 Å². The largest absolute Gasteiger partial charge is 0.354 e. The first-order chi connectivity index (χ1) is 16.4. The molecule has 2 amide bonds. The molecule has 0 radical (unpaired) electrons. The maximum atomic E-state index is 13.3. The molecule has 0 saturated heterocycles. The van der Waals surface area contributed by atoms with E-state index in [9.17, 15) is 18.0 Å². The monoisotopic (exact) mass is 521 g/mol. The summed E-state index contributed by atoms with van der Waals surface area (Å²) in [6, 6.07) is 13.7. The number of anilines is 1. The van der Waals surface area contributed by atoms with Gasteiger partial charge in [-0.2, -0.15) is 0 Å². The van der Waals surface area contributed by atoms with Gasteiger partial charge >= 0.3 is 0 Å². The third-order valence-corrected chi connectivity index (χ3v) is 7.19. The van der Waals surface area contributed by atoms with Crippen LogP contribution < -0.4 is 9.62 Å². The fraction of sp³-hybridized carbons (Fsp3) is 0.462. The quantitative estimate of drug-likeness (QED) is 0.449. The molecule has 9 heteroatoms. The Morgan fingerprint density at radius 1 is 1.03 bits per heavy atom. The molecule has 1 N–H and O–H groups in total. The molecule has 0 aromatic heterocycles. The van der Waals surface area contributed by atoms with E-state index in [-0.39, 0.29) is 37.2 Å². The summed E-state index contributed by atoms with van der Waals surface area (Å²) in [6.07, 6.45) is 1.54. The maximum absolute atomic E-state index is 13.3. The van der Waals surface area contributed by atoms with Crippen LogP contribution in [0.15, 0.2) is 48.5 Å². The van der Waals surface area contributed by atoms with Gasteiger partial charge in [-0.15, -0.1) is 0 Å². The SMILES string of the molecule is Cc1ccc(N(CCCC(=O)N(Cc2ccccc2Cl)C(C)C(=O)NCC(C)C)S(C)(=O)=O)cc1. The lowest BCUT2D eigenvalue weighted by Crippen LogP contribution is -2.48. The molecule has 2 aromatic carbocycles. The van der Waals surface area contributed by atoms with Gasteiger partial charge in [0.15, 0.2) is 0 Å². The molecule has 192 valence electrons. The van der Waals surface area contributed by atoms with E-state index in [0.717, 1.165) is 17.4 Å². The molecule has 0 aliphatic carbocycles. The zero-order valence-electron chi connectivity index (χ0n) is 21.1. The Morgan fingerprint density at radius 3 is 2.23 bits per heavy atom. The van der Waals surface area contributed by atoms with E-state index in [2.05, 4.69) is 5.32 Å². The Hall–Kier alpha value is -2.58. The van der Waals surface area contributed by atoms with Crippen LogP contribution in [0.2, 0.25) is 5.02 Å². The highest BCUT2D eigenvalue weighted by molar-refractivity contribution is 7.92. The van der Waals surface area contributed by atoms with Gasteiger partial charge in [0.05, 0.1) is 11.9 Å². The predicted octanol–water partition coefficient (Wildman–Crippen LogP) is 4.38. The highest BCUT2D eigenvalue weighted by Gasteiger charge is 2.27. The predicted molar refractivity (Wildman–Crippen MR) is 142 cm³/mol. The zero-order chi connectivity index (χ0) is 26.2. The summed E-state index contributed by atoms with van der Waals surface area (Å²) in [5.41, 5.74) is 2.32. The minimum Gasteiger partial charge on any atom is -0.354 e. The van der Waals surface area contributed by atoms with Gasteiger partial charge in [0, 0.05) is 31.1 Å². The fourth-order valence-corrected chi connectivity index (χ4v) is 4.72. The van der Waals surface area contributed by atoms with Gasteiger partial charge in [0.25, 0.3) is 0 Å². The van der Waals surface area contributed by atoms with Crippen LogP contribution in [-0.2, 0) is 26.2 Å². The third-order valence-electron chi connectivity index (χ3n) is 5.62. The van der Waals surface area contributed by atoms with Crippen molar-refractivity contribution in [3.05, 3.63) is 64.7 Å². The van der Waals surface area contributed by atoms with Crippen molar-refractivity contribution in [3.8, 4) is 0 Å². The zero-order valence-corrected chi connectivity index (χ0v) is 22.7. The average molecular weight is 522 g/mol. The van der Waals surface area contributed by atoms with Crippen molar-refractivity contribution in [2.75, 3.05) is 23.7 Å². The lowest BCUT2D eigenvalue weighted by Gasteiger charge is -2.30. The normalized spacial score (nSPS) is 12.3. The molecule has 0 saturated carbocycles. The van der Waals surface area contributed by atoms with E-state index in [4.69, 9.17) is 11.6 Å². The standard InChI is InChI=1S/C26H36ClN3O4S/c1-19(2)17-28-26(32)21(4)29(18-22-9-6-7-10-24(22)27)25(31)11-8-16-30(35(5,33)34)23-14-12-20(3)13-15-23/h6-7,9-10,12-15,19,21H,8,11,16-18H2,1-5H3,(H,28,32). The second-order valence-electron chi connectivity index (χ2n) is 9.20. The molecule has 1 unspecified atom stereocenters. The summed E-state index contributed by atoms with van der Waals surface area (Å²) in [4.78, 5) is 27.6. The summed E-state index contributed by atoms with van der Waals surface area (Å²) in [5, 5.41) is 3.40. The number of nitrogens with zero attached hydrogens (tertiary/aromatic N) is 2. The molecule has 1 atom stereocenters. The summed E-state index contributed by atoms with van der Waals surface area (Å²) in [6.45, 7) is 8.47. The Balaban J connectivity index is 2.16. The molecule has 0 spiro atoms. The van der Waals surface area contributed by atoms with E-state index in [1.54, 1.807) is 25.1 Å². The van der Waals surface area contributed by atoms with E-state index in [1.807, 2.05) is 51.1 Å². The van der Waals surface area contributed by atoms with Gasteiger partial charge in [-0.3, -0.25) is 13.9 Å². The van der Waals surface area contributed by atoms with Crippen molar-refractivity contribution in [2.45, 2.75) is 53.1 Å². The van der Waals surface area contributed by atoms with Crippen LogP contribution in [0, 0.1) is 12.8 Å². The lowest BCUT2D eigenvalue weighted by atomic mass is 10.1. The summed E-state index contributed by atoms with van der Waals surface area (Å²) < 4.78 is 26.1. The van der Waals surface area contributed by atoms with Crippen molar-refractivity contribution in [2.24, 2.45) is 5.92 Å². The van der Waals surface area contributed by atoms with Crippen molar-refractivity contribution in [3.63, 3.8) is 0 Å². The number of sulfonamides is 1. The second-order valence-corrected chi connectivity index (χ2v) is 11.5. The van der Waals surface area contributed by atoms with Gasteiger partial charge in [-0.25, -0.2) is 8.42 Å². The first-order valence-electron chi connectivity index (χ1n) is 11.7. The van der Waals surface area contributed by atoms with E-state index < -0.39 is 16.1 Å². The molecular formula is C26H36ClN3O4S. The van der Waals surface area contributed by atoms with Crippen molar-refractivity contribution in [1.29, 1.82) is 0 Å². The fourth-order valence-electron chi connectivity index (χ4n) is 3.56. The van der Waals surface area contributed by atoms with Crippen LogP contribution in [0.25, 0.3) is 0 Å². The van der Waals surface area contributed by atoms with Crippen LogP contribution in [0.1, 0.15) is 44.7 Å². The van der Waals surface area contributed by atoms with Crippen molar-refractivity contribution < 1.29 is 18.0 Å². The Bertz CT molecular complexity index is 1100. The second kappa shape index (κ2) is 12.9. The first kappa shape index (κ1) is 28.7. The Kier molecular flexibility index (Phi) is 10.6. The van der Waals surface area contributed by atoms with Gasteiger partial charge in [0.2, 0.25) is 21.8 Å². The summed E-state index contributed by atoms with van der Waals surface area (Å²) in [5.74, 6) is -0.200. The first-order valence-corrected chi connectivity index (χ1v) is 14.0. The molecule has 0 heterocycles. The number of halogens is 1. The van der Waals surface area contributed by atoms with E-state index >= 15 is 0 Å². The van der Waals surface area contributed by atoms with Crippen LogP contribution in [-0.4, -0.2) is 50.5 Å². The van der Waals surface area contributed by atoms with Crippen molar-refractivity contribution in [1.82, 2.24) is 10.2 Å². The molecular weight excluding hydrogens is 486 g/mol. The minimum absolute atomic E-state index is 0.0874. The van der Waals surface area contributed by atoms with Gasteiger partial charge < -0.3 is 10.2 Å². The average Bonchev–Trinajstić information content (AvgIpc) is 2.79. The highest BCUT2D eigenvalue weighted by Crippen LogP contribution is 2.21. The number of rotatable bonds is 12. The number of carbonyl (C=O) groups is 2. The lowest BCUT2D eigenvalue weighted by molar-refractivity contribution is -0.140. The molecule has 0 aliphatic heterocycles. The minimum atomic E-state index is -3.52. The molecule has 2 aromatic rings. The topological polar surface area (TPSA) is 86.8 Å². The highest BCUT2D eigenvalue weighted by atomic mass is 35.5. The van der Waals surface area contributed by atoms with Crippen LogP contribution in [0.3, 0.4) is 0 Å². The van der Waals surface area contributed by atoms with Crippen LogP contribution in [0.4, 0.5) is 5.69 Å². The summed E-state index contributed by atoms with van der Waals surface area (Å²) in [7, 11) is -3.52. The number of carbonyl (C=O) groups excluding carboxylic acids is 2. The molecule has 0 aliphatic rings. The maximum Gasteiger partial charge on any atom is 0.242 e. The number of benzene rings is 2. The summed E-state index contributed by atoms with van der Waals surface area (Å²) >= 11 is 6.32. The Morgan fingerprint density at radius 2 is 1.66 bits per heavy atom. The number of nitrogens with one attached hydrogen (secondary N) is 1. The molecule has 0 fully saturated rings. The van der Waals surface area contributed by atoms with Crippen molar-refractivity contribution >= 4 is 39.1 Å². The molecule has 35 heavy (non-hydrogen) atoms.